The maximum atomic E-state index is 13.1. The van der Waals surface area contributed by atoms with Crippen molar-refractivity contribution < 1.29 is 33.5 Å². The zero-order valence-corrected chi connectivity index (χ0v) is 30.8. The van der Waals surface area contributed by atoms with Crippen molar-refractivity contribution in [2.24, 2.45) is 17.3 Å². The van der Waals surface area contributed by atoms with Gasteiger partial charge in [-0.15, -0.1) is 0 Å². The summed E-state index contributed by atoms with van der Waals surface area (Å²) in [5, 5.41) is 0. The Morgan fingerprint density at radius 1 is 1.00 bits per heavy atom. The number of methoxy groups -OCH3 is 1. The van der Waals surface area contributed by atoms with E-state index in [4.69, 9.17) is 15.6 Å². The highest BCUT2D eigenvalue weighted by Gasteiger charge is 2.55. The number of hydrogen-bond donors (Lipinski definition) is 0. The lowest BCUT2D eigenvalue weighted by Crippen LogP contribution is -2.50. The minimum atomic E-state index is -4.43. The summed E-state index contributed by atoms with van der Waals surface area (Å²) in [5.41, 5.74) is 0.921. The van der Waals surface area contributed by atoms with E-state index in [-0.39, 0.29) is 44.1 Å². The number of benzene rings is 1. The van der Waals surface area contributed by atoms with Crippen LogP contribution in [0, 0.1) is 17.3 Å². The van der Waals surface area contributed by atoms with Gasteiger partial charge in [0.2, 0.25) is 0 Å². The van der Waals surface area contributed by atoms with E-state index in [2.05, 4.69) is 49.0 Å². The Balaban J connectivity index is 1.07. The topological polar surface area (TPSA) is 54.5 Å². The van der Waals surface area contributed by atoms with Gasteiger partial charge in [-0.05, 0) is 146 Å². The molecule has 1 aromatic rings. The number of halogens is 3. The second-order valence-electron chi connectivity index (χ2n) is 16.4. The number of aryl methyl sites for hydroxylation is 1. The van der Waals surface area contributed by atoms with E-state index in [1.807, 2.05) is 0 Å². The van der Waals surface area contributed by atoms with Crippen molar-refractivity contribution in [2.75, 3.05) is 67.6 Å². The van der Waals surface area contributed by atoms with Crippen LogP contribution < -0.4 is 4.74 Å². The molecule has 5 rings (SSSR count). The van der Waals surface area contributed by atoms with Gasteiger partial charge in [0.1, 0.15) is 5.75 Å². The maximum absolute atomic E-state index is 13.1. The first-order valence-corrected chi connectivity index (χ1v) is 18.6. The van der Waals surface area contributed by atoms with Crippen molar-refractivity contribution in [2.45, 2.75) is 121 Å². The Kier molecular flexibility index (Phi) is 12.0. The van der Waals surface area contributed by atoms with Crippen LogP contribution in [0.5, 0.6) is 5.75 Å². The summed E-state index contributed by atoms with van der Waals surface area (Å²) in [6.07, 6.45) is 6.89. The number of carbonyl (C=O) groups is 1. The molecule has 3 saturated carbocycles. The van der Waals surface area contributed by atoms with E-state index in [0.29, 0.717) is 43.0 Å². The summed E-state index contributed by atoms with van der Waals surface area (Å²) in [6, 6.07) is 7.69. The van der Waals surface area contributed by atoms with Crippen LogP contribution in [0.3, 0.4) is 0 Å². The number of rotatable bonds is 16. The molecule has 4 unspecified atom stereocenters. The molecule has 7 nitrogen and oxygen atoms in total. The minimum Gasteiger partial charge on any atom is -0.494 e. The molecule has 4 aliphatic carbocycles. The number of nitrogens with zero attached hydrogens (tertiary/aromatic N) is 3. The average Bonchev–Trinajstić information content (AvgIpc) is 3.66. The minimum absolute atomic E-state index is 0.0550. The van der Waals surface area contributed by atoms with Gasteiger partial charge >= 0.3 is 6.18 Å². The first kappa shape index (κ1) is 37.1. The number of alkyl halides is 3. The molecule has 3 fully saturated rings. The number of ketones is 1. The van der Waals surface area contributed by atoms with E-state index in [9.17, 15) is 18.0 Å². The van der Waals surface area contributed by atoms with Gasteiger partial charge in [0.25, 0.3) is 0 Å². The molecular formula is C39H62F3N3O4. The summed E-state index contributed by atoms with van der Waals surface area (Å²) in [6.45, 7) is 6.95. The number of likely N-dealkylation sites (N-methyl/N-ethyl adjacent to an activating group) is 2. The van der Waals surface area contributed by atoms with Crippen LogP contribution in [0.1, 0.15) is 97.0 Å². The fourth-order valence-corrected chi connectivity index (χ4v) is 9.86. The molecule has 0 amide bonds. The van der Waals surface area contributed by atoms with Crippen LogP contribution in [0.15, 0.2) is 18.2 Å². The van der Waals surface area contributed by atoms with Gasteiger partial charge in [-0.25, -0.2) is 0 Å². The molecule has 1 aromatic carbocycles. The van der Waals surface area contributed by atoms with Gasteiger partial charge in [0.05, 0.1) is 33.8 Å². The molecule has 0 aliphatic heterocycles. The molecule has 0 saturated heterocycles. The first-order valence-electron chi connectivity index (χ1n) is 19.3. The molecule has 0 radical (unpaired) electrons. The smallest absolute Gasteiger partial charge is 0.416 e. The Morgan fingerprint density at radius 2 is 1.80 bits per heavy atom. The van der Waals surface area contributed by atoms with Gasteiger partial charge in [-0.1, -0.05) is 13.0 Å². The number of fused-ring (bicyclic) bond motifs is 5. The second-order valence-corrected chi connectivity index (χ2v) is 16.4. The Hall–Kier alpha value is -1.72. The largest absolute Gasteiger partial charge is 0.494 e. The molecule has 0 spiro atoms. The van der Waals surface area contributed by atoms with Crippen LogP contribution in [-0.4, -0.2) is 118 Å². The fraction of sp³-hybridized carbons (Fsp3) is 0.821. The summed E-state index contributed by atoms with van der Waals surface area (Å²) in [7, 11) is 6.08. The van der Waals surface area contributed by atoms with Crippen molar-refractivity contribution >= 4 is 5.78 Å². The summed E-state index contributed by atoms with van der Waals surface area (Å²) >= 11 is 0. The molecule has 4 aliphatic rings. The van der Waals surface area contributed by atoms with Gasteiger partial charge in [-0.2, -0.15) is 13.2 Å². The fourth-order valence-electron chi connectivity index (χ4n) is 9.86. The third-order valence-corrected chi connectivity index (χ3v) is 12.8. The molecule has 7 atom stereocenters. The van der Waals surface area contributed by atoms with Gasteiger partial charge in [0.15, 0.2) is 11.4 Å². The summed E-state index contributed by atoms with van der Waals surface area (Å²) in [4.78, 5) is 19.5. The standard InChI is InChI=1S/C39H62F3N3O4/c1-37(2,39(40,41)42)49-22-20-43(4)25-29(46)26-45(6)36-16-15-35-34-13-9-27-23-31(12-14-32(27)33(34)17-18-38(35,36)3)48-21-8-19-44(5)28-10-11-30(24-28)47-7/h12,14,23,28,30,33-36H,8-11,13,15-22,24-26H2,1-7H3/t28?,30-,33?,34?,35?,36+,38+/m1/s1/i7D. The molecule has 10 heteroatoms. The Bertz CT molecular complexity index is 1280. The second kappa shape index (κ2) is 15.9. The van der Waals surface area contributed by atoms with Crippen LogP contribution >= 0.6 is 0 Å². The molecule has 0 bridgehead atoms. The predicted octanol–water partition coefficient (Wildman–Crippen LogP) is 6.97. The third-order valence-electron chi connectivity index (χ3n) is 12.8. The number of ether oxygens (including phenoxy) is 3. The van der Waals surface area contributed by atoms with Gasteiger partial charge < -0.3 is 19.1 Å². The maximum Gasteiger partial charge on any atom is 0.416 e. The normalized spacial score (nSPS) is 30.4. The van der Waals surface area contributed by atoms with Crippen molar-refractivity contribution in [3.8, 4) is 5.75 Å². The highest BCUT2D eigenvalue weighted by Crippen LogP contribution is 2.61. The highest BCUT2D eigenvalue weighted by atomic mass is 19.4. The zero-order chi connectivity index (χ0) is 36.3. The van der Waals surface area contributed by atoms with E-state index < -0.39 is 11.8 Å². The Labute approximate surface area is 294 Å². The van der Waals surface area contributed by atoms with E-state index in [0.717, 1.165) is 71.1 Å². The van der Waals surface area contributed by atoms with E-state index in [1.165, 1.54) is 30.4 Å². The van der Waals surface area contributed by atoms with Crippen LogP contribution in [0.25, 0.3) is 0 Å². The molecule has 0 aromatic heterocycles. The highest BCUT2D eigenvalue weighted by molar-refractivity contribution is 5.82. The van der Waals surface area contributed by atoms with Crippen LogP contribution in [0.4, 0.5) is 13.2 Å². The number of hydrogen-bond acceptors (Lipinski definition) is 7. The summed E-state index contributed by atoms with van der Waals surface area (Å²) in [5.74, 6) is 2.94. The lowest BCUT2D eigenvalue weighted by atomic mass is 9.55. The number of carbonyl (C=O) groups excluding carboxylic acids is 1. The molecular weight excluding hydrogens is 631 g/mol. The lowest BCUT2D eigenvalue weighted by molar-refractivity contribution is -0.263. The monoisotopic (exact) mass is 694 g/mol. The van der Waals surface area contributed by atoms with Crippen LogP contribution in [0.2, 0.25) is 0 Å². The average molecular weight is 695 g/mol. The number of Topliss-reactive ketones (excluding diaryl/α,β-unsaturated/α-hetero) is 1. The quantitative estimate of drug-likeness (QED) is 0.173. The Morgan fingerprint density at radius 3 is 2.55 bits per heavy atom. The van der Waals surface area contributed by atoms with Gasteiger partial charge in [0, 0.05) is 32.3 Å². The third kappa shape index (κ3) is 8.85. The molecule has 0 N–H and O–H groups in total. The van der Waals surface area contributed by atoms with Gasteiger partial charge in [-0.3, -0.25) is 14.6 Å². The summed E-state index contributed by atoms with van der Waals surface area (Å²) < 4.78 is 63.4. The molecule has 0 heterocycles. The zero-order valence-electron chi connectivity index (χ0n) is 31.8. The lowest BCUT2D eigenvalue weighted by Gasteiger charge is -2.52. The van der Waals surface area contributed by atoms with E-state index in [1.54, 1.807) is 11.9 Å². The van der Waals surface area contributed by atoms with E-state index >= 15 is 0 Å². The van der Waals surface area contributed by atoms with Crippen molar-refractivity contribution in [3.05, 3.63) is 29.3 Å². The SMILES string of the molecule is [2H]CO[C@@H]1CCC(N(C)CCCOc2ccc3c(c2)CCC2C3CC[C@@]3(C)C2CC[C@@H]3N(C)CC(=O)CN(C)CCOC(C)(C)C(F)(F)F)C1. The van der Waals surface area contributed by atoms with Crippen molar-refractivity contribution in [1.82, 2.24) is 14.7 Å². The van der Waals surface area contributed by atoms with Crippen molar-refractivity contribution in [3.63, 3.8) is 0 Å². The van der Waals surface area contributed by atoms with Crippen LogP contribution in [-0.2, 0) is 20.7 Å². The van der Waals surface area contributed by atoms with Crippen molar-refractivity contribution in [1.29, 1.82) is 0 Å². The predicted molar refractivity (Wildman–Crippen MR) is 187 cm³/mol. The molecule has 278 valence electrons. The first-order chi connectivity index (χ1) is 23.6. The molecule has 49 heavy (non-hydrogen) atoms.